The molecule has 7 heteroatoms. The van der Waals surface area contributed by atoms with Gasteiger partial charge in [0.2, 0.25) is 5.91 Å². The maximum atomic E-state index is 12.0. The third-order valence-electron chi connectivity index (χ3n) is 3.33. The minimum atomic E-state index is -0.557. The van der Waals surface area contributed by atoms with Gasteiger partial charge in [0.05, 0.1) is 22.5 Å². The third kappa shape index (κ3) is 6.07. The molecular weight excluding hydrogens is 360 g/mol. The Morgan fingerprint density at radius 3 is 2.19 bits per heavy atom. The van der Waals surface area contributed by atoms with Gasteiger partial charge in [-0.15, -0.1) is 0 Å². The number of benzene rings is 2. The van der Waals surface area contributed by atoms with Crippen LogP contribution in [0.3, 0.4) is 0 Å². The molecule has 1 aromatic heterocycles. The smallest absolute Gasteiger partial charge is 0.308 e. The van der Waals surface area contributed by atoms with Crippen molar-refractivity contribution in [2.24, 2.45) is 0 Å². The van der Waals surface area contributed by atoms with Gasteiger partial charge in [-0.05, 0) is 31.2 Å². The number of nitrogens with zero attached hydrogens (tertiary/aromatic N) is 2. The molecule has 3 amide bonds. The summed E-state index contributed by atoms with van der Waals surface area (Å²) in [6, 6.07) is 15.9. The first-order valence-corrected chi connectivity index (χ1v) is 9.62. The van der Waals surface area contributed by atoms with Crippen molar-refractivity contribution in [3.63, 3.8) is 0 Å². The summed E-state index contributed by atoms with van der Waals surface area (Å²) in [6.45, 7) is 5.85. The number of fused-ring (bicyclic) bond motifs is 1. The molecule has 0 spiro atoms. The fourth-order valence-electron chi connectivity index (χ4n) is 2.19. The molecule has 6 nitrogen and oxygen atoms in total. The van der Waals surface area contributed by atoms with E-state index in [9.17, 15) is 9.59 Å². The number of hydrogen-bond donors (Lipinski definition) is 2. The van der Waals surface area contributed by atoms with Crippen LogP contribution >= 0.6 is 11.8 Å². The predicted molar refractivity (Wildman–Crippen MR) is 110 cm³/mol. The standard InChI is InChI=1S/C18H16N4O2S.C2H6/c1-12-17(21-15-10-6-5-9-14(15)19-12)25-11-16(23)22-18(24)20-13-7-3-2-4-8-13;1-2/h2-10H,11H2,1H3,(H2,20,22,23,24);1-2H3. The van der Waals surface area contributed by atoms with E-state index in [0.29, 0.717) is 10.7 Å². The summed E-state index contributed by atoms with van der Waals surface area (Å²) in [5.74, 6) is -0.316. The molecule has 3 aromatic rings. The molecule has 0 aliphatic heterocycles. The normalized spacial score (nSPS) is 9.89. The summed E-state index contributed by atoms with van der Waals surface area (Å²) >= 11 is 1.25. The summed E-state index contributed by atoms with van der Waals surface area (Å²) in [7, 11) is 0. The first kappa shape index (κ1) is 20.4. The molecule has 0 radical (unpaired) electrons. The first-order valence-electron chi connectivity index (χ1n) is 8.64. The second-order valence-electron chi connectivity index (χ2n) is 5.26. The van der Waals surface area contributed by atoms with Crippen LogP contribution in [0.5, 0.6) is 0 Å². The number of hydrogen-bond acceptors (Lipinski definition) is 5. The van der Waals surface area contributed by atoms with Gasteiger partial charge in [0.1, 0.15) is 5.03 Å². The first-order chi connectivity index (χ1) is 13.1. The second kappa shape index (κ2) is 10.3. The molecular formula is C20H22N4O2S. The number of rotatable bonds is 4. The van der Waals surface area contributed by atoms with E-state index < -0.39 is 11.9 Å². The van der Waals surface area contributed by atoms with Crippen LogP contribution in [0.25, 0.3) is 11.0 Å². The van der Waals surface area contributed by atoms with E-state index in [-0.39, 0.29) is 5.75 Å². The Balaban J connectivity index is 0.00000126. The highest BCUT2D eigenvalue weighted by Gasteiger charge is 2.11. The monoisotopic (exact) mass is 382 g/mol. The highest BCUT2D eigenvalue weighted by atomic mass is 32.2. The van der Waals surface area contributed by atoms with Crippen LogP contribution in [0.1, 0.15) is 19.5 Å². The number of amides is 3. The number of anilines is 1. The summed E-state index contributed by atoms with van der Waals surface area (Å²) in [5, 5.41) is 5.57. The summed E-state index contributed by atoms with van der Waals surface area (Å²) in [5.41, 5.74) is 2.97. The minimum Gasteiger partial charge on any atom is -0.308 e. The van der Waals surface area contributed by atoms with Crippen molar-refractivity contribution in [2.45, 2.75) is 25.8 Å². The number of imide groups is 1. The molecule has 2 N–H and O–H groups in total. The number of carbonyl (C=O) groups excluding carboxylic acids is 2. The molecule has 1 heterocycles. The maximum Gasteiger partial charge on any atom is 0.325 e. The summed E-state index contributed by atoms with van der Waals surface area (Å²) in [6.07, 6.45) is 0. The van der Waals surface area contributed by atoms with E-state index in [2.05, 4.69) is 20.6 Å². The van der Waals surface area contributed by atoms with Gasteiger partial charge in [-0.25, -0.2) is 14.8 Å². The lowest BCUT2D eigenvalue weighted by atomic mass is 10.3. The van der Waals surface area contributed by atoms with Crippen LogP contribution in [-0.4, -0.2) is 27.7 Å². The Labute approximate surface area is 162 Å². The number of aryl methyl sites for hydroxylation is 1. The van der Waals surface area contributed by atoms with E-state index in [1.807, 2.05) is 51.1 Å². The van der Waals surface area contributed by atoms with E-state index in [1.54, 1.807) is 24.3 Å². The highest BCUT2D eigenvalue weighted by Crippen LogP contribution is 2.21. The van der Waals surface area contributed by atoms with Crippen LogP contribution in [-0.2, 0) is 4.79 Å². The van der Waals surface area contributed by atoms with Gasteiger partial charge in [-0.3, -0.25) is 10.1 Å². The molecule has 3 rings (SSSR count). The number of aromatic nitrogens is 2. The van der Waals surface area contributed by atoms with Crippen LogP contribution in [0, 0.1) is 6.92 Å². The van der Waals surface area contributed by atoms with Gasteiger partial charge in [-0.1, -0.05) is 55.9 Å². The van der Waals surface area contributed by atoms with Crippen LogP contribution in [0.2, 0.25) is 0 Å². The number of para-hydroxylation sites is 3. The second-order valence-corrected chi connectivity index (χ2v) is 6.22. The van der Waals surface area contributed by atoms with Gasteiger partial charge < -0.3 is 5.32 Å². The fourth-order valence-corrected chi connectivity index (χ4v) is 2.95. The Bertz CT molecular complexity index is 916. The summed E-state index contributed by atoms with van der Waals surface area (Å²) < 4.78 is 0. The highest BCUT2D eigenvalue weighted by molar-refractivity contribution is 7.99. The fraction of sp³-hybridized carbons (Fsp3) is 0.200. The molecule has 0 fully saturated rings. The van der Waals surface area contributed by atoms with Gasteiger partial charge in [-0.2, -0.15) is 0 Å². The average Bonchev–Trinajstić information content (AvgIpc) is 2.68. The van der Waals surface area contributed by atoms with Crippen LogP contribution < -0.4 is 10.6 Å². The van der Waals surface area contributed by atoms with Crippen LogP contribution in [0.15, 0.2) is 59.6 Å². The molecule has 0 aliphatic rings. The largest absolute Gasteiger partial charge is 0.325 e. The van der Waals surface area contributed by atoms with Gasteiger partial charge in [0.25, 0.3) is 0 Å². The molecule has 0 saturated heterocycles. The van der Waals surface area contributed by atoms with E-state index in [0.717, 1.165) is 16.7 Å². The van der Waals surface area contributed by atoms with Crippen molar-refractivity contribution in [2.75, 3.05) is 11.1 Å². The predicted octanol–water partition coefficient (Wildman–Crippen LogP) is 4.40. The lowest BCUT2D eigenvalue weighted by Crippen LogP contribution is -2.35. The van der Waals surface area contributed by atoms with E-state index >= 15 is 0 Å². The van der Waals surface area contributed by atoms with E-state index in [1.165, 1.54) is 11.8 Å². The number of carbonyl (C=O) groups is 2. The zero-order valence-corrected chi connectivity index (χ0v) is 16.3. The number of urea groups is 1. The molecule has 0 bridgehead atoms. The van der Waals surface area contributed by atoms with Crippen LogP contribution in [0.4, 0.5) is 10.5 Å². The van der Waals surface area contributed by atoms with Crippen molar-refractivity contribution < 1.29 is 9.59 Å². The number of nitrogens with one attached hydrogen (secondary N) is 2. The topological polar surface area (TPSA) is 84.0 Å². The zero-order valence-electron chi connectivity index (χ0n) is 15.5. The number of thioether (sulfide) groups is 1. The van der Waals surface area contributed by atoms with Crippen molar-refractivity contribution >= 4 is 40.4 Å². The quantitative estimate of drug-likeness (QED) is 0.653. The Hall–Kier alpha value is -2.93. The zero-order chi connectivity index (χ0) is 19.6. The van der Waals surface area contributed by atoms with Crippen molar-refractivity contribution in [3.8, 4) is 0 Å². The Kier molecular flexibility index (Phi) is 7.76. The molecule has 0 aliphatic carbocycles. The minimum absolute atomic E-state index is 0.0794. The lowest BCUT2D eigenvalue weighted by molar-refractivity contribution is -0.117. The molecule has 140 valence electrons. The molecule has 0 atom stereocenters. The molecule has 0 unspecified atom stereocenters. The Morgan fingerprint density at radius 2 is 1.52 bits per heavy atom. The molecule has 2 aromatic carbocycles. The van der Waals surface area contributed by atoms with Crippen molar-refractivity contribution in [3.05, 3.63) is 60.3 Å². The van der Waals surface area contributed by atoms with Gasteiger partial charge >= 0.3 is 6.03 Å². The van der Waals surface area contributed by atoms with Crippen molar-refractivity contribution in [1.82, 2.24) is 15.3 Å². The average molecular weight is 382 g/mol. The van der Waals surface area contributed by atoms with Gasteiger partial charge in [0, 0.05) is 5.69 Å². The van der Waals surface area contributed by atoms with E-state index in [4.69, 9.17) is 0 Å². The molecule has 0 saturated carbocycles. The SMILES string of the molecule is CC.Cc1nc2ccccc2nc1SCC(=O)NC(=O)Nc1ccccc1. The third-order valence-corrected chi connectivity index (χ3v) is 4.39. The van der Waals surface area contributed by atoms with Crippen molar-refractivity contribution in [1.29, 1.82) is 0 Å². The summed E-state index contributed by atoms with van der Waals surface area (Å²) in [4.78, 5) is 32.7. The maximum absolute atomic E-state index is 12.0. The Morgan fingerprint density at radius 1 is 0.926 bits per heavy atom. The lowest BCUT2D eigenvalue weighted by Gasteiger charge is -2.08. The van der Waals surface area contributed by atoms with Gasteiger partial charge in [0.15, 0.2) is 0 Å². The molecule has 27 heavy (non-hydrogen) atoms.